The van der Waals surface area contributed by atoms with E-state index < -0.39 is 18.0 Å². The number of carbonyl (C=O) groups excluding carboxylic acids is 2. The Bertz CT molecular complexity index is 705. The number of aryl methyl sites for hydroxylation is 1. The molecule has 2 heterocycles. The average Bonchev–Trinajstić information content (AvgIpc) is 3.05. The Balaban J connectivity index is 1.70. The van der Waals surface area contributed by atoms with Gasteiger partial charge in [-0.05, 0) is 43.7 Å². The highest BCUT2D eigenvalue weighted by Crippen LogP contribution is 2.19. The summed E-state index contributed by atoms with van der Waals surface area (Å²) in [6, 6.07) is 6.86. The van der Waals surface area contributed by atoms with E-state index in [0.717, 1.165) is 11.3 Å². The molecule has 22 heavy (non-hydrogen) atoms. The van der Waals surface area contributed by atoms with E-state index in [2.05, 4.69) is 5.10 Å². The van der Waals surface area contributed by atoms with Crippen molar-refractivity contribution in [2.24, 2.45) is 0 Å². The van der Waals surface area contributed by atoms with Crippen LogP contribution in [0.1, 0.15) is 29.3 Å². The zero-order valence-electron chi connectivity index (χ0n) is 12.4. The fourth-order valence-corrected chi connectivity index (χ4v) is 2.32. The van der Waals surface area contributed by atoms with Crippen LogP contribution in [0.15, 0.2) is 36.7 Å². The van der Waals surface area contributed by atoms with Crippen LogP contribution in [0.3, 0.4) is 0 Å². The number of cyclic esters (lactones) is 1. The predicted octanol–water partition coefficient (Wildman–Crippen LogP) is 2.04. The van der Waals surface area contributed by atoms with Gasteiger partial charge in [-0.2, -0.15) is 5.10 Å². The second-order valence-electron chi connectivity index (χ2n) is 5.39. The van der Waals surface area contributed by atoms with Crippen molar-refractivity contribution in [1.29, 1.82) is 0 Å². The van der Waals surface area contributed by atoms with Crippen LogP contribution in [0, 0.1) is 6.92 Å². The van der Waals surface area contributed by atoms with E-state index in [0.29, 0.717) is 12.0 Å². The summed E-state index contributed by atoms with van der Waals surface area (Å²) in [6.07, 6.45) is 3.03. The van der Waals surface area contributed by atoms with Gasteiger partial charge in [0, 0.05) is 12.6 Å². The average molecular weight is 300 g/mol. The Hall–Kier alpha value is -2.63. The smallest absolute Gasteiger partial charge is 0.347 e. The van der Waals surface area contributed by atoms with Gasteiger partial charge in [-0.15, -0.1) is 0 Å². The van der Waals surface area contributed by atoms with Gasteiger partial charge in [0.05, 0.1) is 17.4 Å². The molecule has 0 unspecified atom stereocenters. The van der Waals surface area contributed by atoms with Crippen LogP contribution in [-0.4, -0.2) is 33.9 Å². The van der Waals surface area contributed by atoms with Gasteiger partial charge in [-0.3, -0.25) is 0 Å². The molecule has 0 aliphatic carbocycles. The van der Waals surface area contributed by atoms with Gasteiger partial charge in [0.15, 0.2) is 0 Å². The van der Waals surface area contributed by atoms with E-state index in [-0.39, 0.29) is 6.10 Å². The number of esters is 2. The topological polar surface area (TPSA) is 70.4 Å². The molecule has 6 nitrogen and oxygen atoms in total. The lowest BCUT2D eigenvalue weighted by atomic mass is 10.2. The number of carbonyl (C=O) groups is 2. The molecule has 1 aliphatic heterocycles. The molecule has 2 aromatic rings. The van der Waals surface area contributed by atoms with Crippen molar-refractivity contribution in [2.45, 2.75) is 32.5 Å². The van der Waals surface area contributed by atoms with E-state index in [1.807, 2.05) is 13.1 Å². The highest BCUT2D eigenvalue weighted by molar-refractivity contribution is 5.92. The molecule has 1 saturated heterocycles. The second-order valence-corrected chi connectivity index (χ2v) is 5.39. The first kappa shape index (κ1) is 14.3. The van der Waals surface area contributed by atoms with Crippen molar-refractivity contribution in [1.82, 2.24) is 9.78 Å². The van der Waals surface area contributed by atoms with Gasteiger partial charge in [0.1, 0.15) is 6.10 Å². The van der Waals surface area contributed by atoms with Crippen molar-refractivity contribution >= 4 is 11.9 Å². The summed E-state index contributed by atoms with van der Waals surface area (Å²) in [4.78, 5) is 23.5. The molecule has 114 valence electrons. The fraction of sp³-hybridized carbons (Fsp3) is 0.312. The molecule has 3 rings (SSSR count). The standard InChI is InChI=1S/C16H16N2O4/c1-10-8-17-18(9-10)13-5-3-12(4-6-13)15(19)22-14-7-11(2)21-16(14)20/h3-6,8-9,11,14H,7H2,1-2H3/t11-,14+/m1/s1. The lowest BCUT2D eigenvalue weighted by molar-refractivity contribution is -0.147. The summed E-state index contributed by atoms with van der Waals surface area (Å²) in [6.45, 7) is 3.73. The molecule has 0 radical (unpaired) electrons. The van der Waals surface area contributed by atoms with E-state index in [1.165, 1.54) is 0 Å². The highest BCUT2D eigenvalue weighted by atomic mass is 16.6. The van der Waals surface area contributed by atoms with E-state index >= 15 is 0 Å². The summed E-state index contributed by atoms with van der Waals surface area (Å²) in [7, 11) is 0. The number of ether oxygens (including phenoxy) is 2. The normalized spacial score (nSPS) is 20.7. The zero-order chi connectivity index (χ0) is 15.7. The van der Waals surface area contributed by atoms with Gasteiger partial charge >= 0.3 is 11.9 Å². The Morgan fingerprint density at radius 1 is 1.36 bits per heavy atom. The number of hydrogen-bond acceptors (Lipinski definition) is 5. The molecule has 0 amide bonds. The minimum atomic E-state index is -0.809. The van der Waals surface area contributed by atoms with E-state index in [9.17, 15) is 9.59 Å². The number of rotatable bonds is 3. The monoisotopic (exact) mass is 300 g/mol. The first-order chi connectivity index (χ1) is 10.5. The van der Waals surface area contributed by atoms with E-state index in [4.69, 9.17) is 9.47 Å². The predicted molar refractivity (Wildman–Crippen MR) is 77.7 cm³/mol. The molecule has 0 saturated carbocycles. The maximum atomic E-state index is 12.1. The van der Waals surface area contributed by atoms with Crippen LogP contribution in [0.2, 0.25) is 0 Å². The maximum Gasteiger partial charge on any atom is 0.347 e. The van der Waals surface area contributed by atoms with E-state index in [1.54, 1.807) is 42.1 Å². The lowest BCUT2D eigenvalue weighted by Gasteiger charge is -2.09. The molecule has 1 aromatic heterocycles. The zero-order valence-corrected chi connectivity index (χ0v) is 12.4. The molecular formula is C16H16N2O4. The third-order valence-corrected chi connectivity index (χ3v) is 3.45. The highest BCUT2D eigenvalue weighted by Gasteiger charge is 2.35. The second kappa shape index (κ2) is 5.63. The van der Waals surface area contributed by atoms with Gasteiger partial charge in [-0.1, -0.05) is 0 Å². The summed E-state index contributed by atoms with van der Waals surface area (Å²) in [5.74, 6) is -1.01. The van der Waals surface area contributed by atoms with Crippen LogP contribution in [-0.2, 0) is 14.3 Å². The van der Waals surface area contributed by atoms with Gasteiger partial charge in [0.2, 0.25) is 6.10 Å². The van der Waals surface area contributed by atoms with Crippen molar-refractivity contribution in [2.75, 3.05) is 0 Å². The first-order valence-corrected chi connectivity index (χ1v) is 7.06. The SMILES string of the molecule is Cc1cnn(-c2ccc(C(=O)O[C@H]3C[C@@H](C)OC3=O)cc2)c1. The molecule has 2 atom stereocenters. The quantitative estimate of drug-likeness (QED) is 0.811. The summed E-state index contributed by atoms with van der Waals surface area (Å²) >= 11 is 0. The van der Waals surface area contributed by atoms with Crippen LogP contribution < -0.4 is 0 Å². The molecule has 0 spiro atoms. The third-order valence-electron chi connectivity index (χ3n) is 3.45. The number of hydrogen-bond donors (Lipinski definition) is 0. The number of nitrogens with zero attached hydrogens (tertiary/aromatic N) is 2. The summed E-state index contributed by atoms with van der Waals surface area (Å²) < 4.78 is 11.9. The summed E-state index contributed by atoms with van der Waals surface area (Å²) in [5.41, 5.74) is 2.29. The molecule has 1 fully saturated rings. The fourth-order valence-electron chi connectivity index (χ4n) is 2.32. The number of aromatic nitrogens is 2. The maximum absolute atomic E-state index is 12.1. The molecular weight excluding hydrogens is 284 g/mol. The molecule has 1 aliphatic rings. The Kier molecular flexibility index (Phi) is 3.66. The van der Waals surface area contributed by atoms with Crippen molar-refractivity contribution < 1.29 is 19.1 Å². The first-order valence-electron chi connectivity index (χ1n) is 7.06. The van der Waals surface area contributed by atoms with Crippen LogP contribution in [0.25, 0.3) is 5.69 Å². The van der Waals surface area contributed by atoms with Crippen molar-refractivity contribution in [3.63, 3.8) is 0 Å². The van der Waals surface area contributed by atoms with Crippen LogP contribution in [0.4, 0.5) is 0 Å². The molecule has 0 N–H and O–H groups in total. The van der Waals surface area contributed by atoms with Crippen molar-refractivity contribution in [3.8, 4) is 5.69 Å². The molecule has 6 heteroatoms. The van der Waals surface area contributed by atoms with Gasteiger partial charge < -0.3 is 9.47 Å². The Morgan fingerprint density at radius 2 is 2.09 bits per heavy atom. The lowest BCUT2D eigenvalue weighted by Crippen LogP contribution is -2.22. The Morgan fingerprint density at radius 3 is 2.64 bits per heavy atom. The van der Waals surface area contributed by atoms with Crippen molar-refractivity contribution in [3.05, 3.63) is 47.8 Å². The van der Waals surface area contributed by atoms with Crippen LogP contribution in [0.5, 0.6) is 0 Å². The minimum Gasteiger partial charge on any atom is -0.460 e. The summed E-state index contributed by atoms with van der Waals surface area (Å²) in [5, 5.41) is 4.20. The molecule has 0 bridgehead atoms. The molecule has 1 aromatic carbocycles. The number of benzene rings is 1. The third kappa shape index (κ3) is 2.86. The van der Waals surface area contributed by atoms with Gasteiger partial charge in [-0.25, -0.2) is 14.3 Å². The van der Waals surface area contributed by atoms with Crippen LogP contribution >= 0.6 is 0 Å². The largest absolute Gasteiger partial charge is 0.460 e. The minimum absolute atomic E-state index is 0.212. The Labute approximate surface area is 127 Å². The van der Waals surface area contributed by atoms with Gasteiger partial charge in [0.25, 0.3) is 0 Å².